The third-order valence-electron chi connectivity index (χ3n) is 2.94. The maximum Gasteiger partial charge on any atom is 0.213 e. The highest BCUT2D eigenvalue weighted by Crippen LogP contribution is 2.17. The fourth-order valence-corrected chi connectivity index (χ4v) is 1.98. The molecule has 0 spiro atoms. The van der Waals surface area contributed by atoms with Gasteiger partial charge in [-0.3, -0.25) is 4.79 Å². The molecule has 0 amide bonds. The molecule has 0 saturated carbocycles. The zero-order valence-corrected chi connectivity index (χ0v) is 11.2. The van der Waals surface area contributed by atoms with Crippen LogP contribution in [0, 0.1) is 0 Å². The largest absolute Gasteiger partial charge is 0.344 e. The number of aromatic amines is 1. The summed E-state index contributed by atoms with van der Waals surface area (Å²) >= 11 is 0. The van der Waals surface area contributed by atoms with Crippen LogP contribution in [0.5, 0.6) is 0 Å². The lowest BCUT2D eigenvalue weighted by Gasteiger charge is -2.23. The maximum absolute atomic E-state index is 10.3. The molecule has 0 saturated heterocycles. The van der Waals surface area contributed by atoms with Gasteiger partial charge in [-0.15, -0.1) is 0 Å². The standard InChI is InChI=1S/C15H18N3O/c1-15(2,17-8-9-19)10-13-11-16-14(18-13)12-6-4-3-5-7-12/h3-7,11,17H,8,10H2,1-2H3,(H,16,18). The van der Waals surface area contributed by atoms with Crippen LogP contribution in [0.1, 0.15) is 19.5 Å². The van der Waals surface area contributed by atoms with Crippen molar-refractivity contribution >= 4 is 6.29 Å². The molecule has 2 rings (SSSR count). The monoisotopic (exact) mass is 256 g/mol. The highest BCUT2D eigenvalue weighted by atomic mass is 16.1. The quantitative estimate of drug-likeness (QED) is 0.832. The Labute approximate surface area is 113 Å². The molecule has 4 heteroatoms. The van der Waals surface area contributed by atoms with E-state index >= 15 is 0 Å². The second-order valence-corrected chi connectivity index (χ2v) is 5.16. The van der Waals surface area contributed by atoms with Crippen molar-refractivity contribution in [2.75, 3.05) is 6.54 Å². The molecule has 0 fully saturated rings. The van der Waals surface area contributed by atoms with E-state index in [4.69, 9.17) is 0 Å². The zero-order chi connectivity index (χ0) is 13.7. The Morgan fingerprint density at radius 1 is 1.32 bits per heavy atom. The first-order valence-electron chi connectivity index (χ1n) is 6.30. The van der Waals surface area contributed by atoms with Crippen molar-refractivity contribution < 1.29 is 4.79 Å². The number of carbonyl (C=O) groups excluding carboxylic acids is 1. The van der Waals surface area contributed by atoms with E-state index in [1.165, 1.54) is 0 Å². The Kier molecular flexibility index (Phi) is 4.12. The molecule has 2 N–H and O–H groups in total. The molecule has 1 heterocycles. The molecule has 1 aromatic heterocycles. The van der Waals surface area contributed by atoms with Gasteiger partial charge in [-0.05, 0) is 13.8 Å². The first-order valence-corrected chi connectivity index (χ1v) is 6.30. The summed E-state index contributed by atoms with van der Waals surface area (Å²) in [5.41, 5.74) is 1.86. The second-order valence-electron chi connectivity index (χ2n) is 5.16. The molecular weight excluding hydrogens is 238 g/mol. The topological polar surface area (TPSA) is 57.8 Å². The van der Waals surface area contributed by atoms with Crippen LogP contribution in [-0.2, 0) is 11.2 Å². The average Bonchev–Trinajstić information content (AvgIpc) is 2.85. The highest BCUT2D eigenvalue weighted by molar-refractivity contribution is 5.55. The molecule has 2 aromatic rings. The van der Waals surface area contributed by atoms with E-state index in [0.717, 1.165) is 23.5 Å². The molecule has 0 aliphatic carbocycles. The minimum absolute atomic E-state index is 0.180. The maximum atomic E-state index is 10.3. The molecule has 1 aromatic carbocycles. The van der Waals surface area contributed by atoms with Crippen molar-refractivity contribution in [2.24, 2.45) is 0 Å². The first kappa shape index (κ1) is 13.5. The highest BCUT2D eigenvalue weighted by Gasteiger charge is 2.19. The molecule has 99 valence electrons. The van der Waals surface area contributed by atoms with E-state index in [0.29, 0.717) is 0 Å². The minimum atomic E-state index is -0.180. The summed E-state index contributed by atoms with van der Waals surface area (Å²) in [6, 6.07) is 10.0. The van der Waals surface area contributed by atoms with Crippen LogP contribution >= 0.6 is 0 Å². The molecule has 0 aliphatic heterocycles. The van der Waals surface area contributed by atoms with E-state index in [9.17, 15) is 4.79 Å². The van der Waals surface area contributed by atoms with Gasteiger partial charge >= 0.3 is 0 Å². The summed E-state index contributed by atoms with van der Waals surface area (Å²) in [7, 11) is 0. The number of hydrogen-bond donors (Lipinski definition) is 2. The number of imidazole rings is 1. The summed E-state index contributed by atoms with van der Waals surface area (Å²) in [5.74, 6) is 0.869. The van der Waals surface area contributed by atoms with E-state index in [1.807, 2.05) is 56.7 Å². The second kappa shape index (κ2) is 5.80. The van der Waals surface area contributed by atoms with Crippen LogP contribution in [0.15, 0.2) is 36.5 Å². The summed E-state index contributed by atoms with van der Waals surface area (Å²) in [6.45, 7) is 4.32. The van der Waals surface area contributed by atoms with Gasteiger partial charge in [0.2, 0.25) is 6.29 Å². The van der Waals surface area contributed by atoms with Gasteiger partial charge in [0.1, 0.15) is 5.82 Å². The summed E-state index contributed by atoms with van der Waals surface area (Å²) in [5, 5.41) is 3.13. The molecule has 0 aliphatic rings. The number of rotatable bonds is 6. The molecule has 1 radical (unpaired) electrons. The molecule has 0 unspecified atom stereocenters. The van der Waals surface area contributed by atoms with Crippen LogP contribution in [-0.4, -0.2) is 28.3 Å². The predicted molar refractivity (Wildman–Crippen MR) is 75.5 cm³/mol. The number of aromatic nitrogens is 2. The Hall–Kier alpha value is -1.94. The van der Waals surface area contributed by atoms with Gasteiger partial charge in [-0.1, -0.05) is 30.3 Å². The van der Waals surface area contributed by atoms with Gasteiger partial charge in [0.25, 0.3) is 0 Å². The van der Waals surface area contributed by atoms with Gasteiger partial charge in [-0.2, -0.15) is 0 Å². The Bertz CT molecular complexity index is 531. The van der Waals surface area contributed by atoms with Crippen LogP contribution in [0.2, 0.25) is 0 Å². The number of nitrogens with zero attached hydrogens (tertiary/aromatic N) is 1. The predicted octanol–water partition coefficient (Wildman–Crippen LogP) is 2.10. The summed E-state index contributed by atoms with van der Waals surface area (Å²) in [6.07, 6.45) is 4.51. The van der Waals surface area contributed by atoms with E-state index in [-0.39, 0.29) is 12.1 Å². The summed E-state index contributed by atoms with van der Waals surface area (Å²) < 4.78 is 0. The van der Waals surface area contributed by atoms with E-state index in [2.05, 4.69) is 15.3 Å². The van der Waals surface area contributed by atoms with Crippen LogP contribution in [0.3, 0.4) is 0 Å². The average molecular weight is 256 g/mol. The molecule has 0 bridgehead atoms. The Morgan fingerprint density at radius 2 is 2.05 bits per heavy atom. The molecule has 19 heavy (non-hydrogen) atoms. The van der Waals surface area contributed by atoms with Crippen molar-refractivity contribution in [3.05, 3.63) is 42.2 Å². The van der Waals surface area contributed by atoms with Crippen molar-refractivity contribution in [1.82, 2.24) is 15.3 Å². The fraction of sp³-hybridized carbons (Fsp3) is 0.333. The number of hydrogen-bond acceptors (Lipinski definition) is 3. The fourth-order valence-electron chi connectivity index (χ4n) is 1.98. The van der Waals surface area contributed by atoms with Gasteiger partial charge in [-0.25, -0.2) is 4.98 Å². The van der Waals surface area contributed by atoms with Crippen LogP contribution in [0.4, 0.5) is 0 Å². The Morgan fingerprint density at radius 3 is 2.74 bits per heavy atom. The smallest absolute Gasteiger partial charge is 0.213 e. The minimum Gasteiger partial charge on any atom is -0.344 e. The molecule has 0 atom stereocenters. The first-order chi connectivity index (χ1) is 9.11. The number of nitrogens with one attached hydrogen (secondary N) is 2. The zero-order valence-electron chi connectivity index (χ0n) is 11.2. The number of H-pyrrole nitrogens is 1. The van der Waals surface area contributed by atoms with Crippen molar-refractivity contribution in [3.8, 4) is 11.4 Å². The Balaban J connectivity index is 2.07. The van der Waals surface area contributed by atoms with Crippen LogP contribution in [0.25, 0.3) is 11.4 Å². The molecule has 4 nitrogen and oxygen atoms in total. The lowest BCUT2D eigenvalue weighted by molar-refractivity contribution is 0.401. The van der Waals surface area contributed by atoms with E-state index < -0.39 is 0 Å². The van der Waals surface area contributed by atoms with Gasteiger partial charge in [0, 0.05) is 23.7 Å². The van der Waals surface area contributed by atoms with Crippen molar-refractivity contribution in [1.29, 1.82) is 0 Å². The van der Waals surface area contributed by atoms with E-state index in [1.54, 1.807) is 0 Å². The van der Waals surface area contributed by atoms with Gasteiger partial charge < -0.3 is 10.3 Å². The van der Waals surface area contributed by atoms with Gasteiger partial charge in [0.15, 0.2) is 0 Å². The summed E-state index contributed by atoms with van der Waals surface area (Å²) in [4.78, 5) is 18.0. The third-order valence-corrected chi connectivity index (χ3v) is 2.94. The normalized spacial score (nSPS) is 11.5. The lowest BCUT2D eigenvalue weighted by atomic mass is 9.99. The van der Waals surface area contributed by atoms with Gasteiger partial charge in [0.05, 0.1) is 12.2 Å². The lowest BCUT2D eigenvalue weighted by Crippen LogP contribution is -2.42. The van der Waals surface area contributed by atoms with Crippen molar-refractivity contribution in [3.63, 3.8) is 0 Å². The van der Waals surface area contributed by atoms with Crippen LogP contribution < -0.4 is 5.32 Å². The third kappa shape index (κ3) is 3.76. The SMILES string of the molecule is CC(C)(Cc1c[nH]c(-c2ccccc2)n1)NC[C]=O. The molecular formula is C15H18N3O. The number of benzene rings is 1. The van der Waals surface area contributed by atoms with Crippen molar-refractivity contribution in [2.45, 2.75) is 25.8 Å².